The standard InChI is InChI=1S/C17H25ClN2O/c1-3-10-20-11-5-4-9-16(20)17(21)19-13(2)14-7-6-8-15(18)12-14/h6-8,12-13,16H,3-5,9-11H2,1-2H3,(H,19,21). The number of halogens is 1. The van der Waals surface area contributed by atoms with Gasteiger partial charge in [0, 0.05) is 5.02 Å². The van der Waals surface area contributed by atoms with E-state index in [0.717, 1.165) is 37.9 Å². The number of rotatable bonds is 5. The summed E-state index contributed by atoms with van der Waals surface area (Å²) in [5.41, 5.74) is 1.05. The van der Waals surface area contributed by atoms with Gasteiger partial charge in [0.1, 0.15) is 0 Å². The van der Waals surface area contributed by atoms with Crippen molar-refractivity contribution < 1.29 is 4.79 Å². The first kappa shape index (κ1) is 16.3. The zero-order chi connectivity index (χ0) is 15.2. The zero-order valence-electron chi connectivity index (χ0n) is 12.9. The Bertz CT molecular complexity index is 476. The van der Waals surface area contributed by atoms with Gasteiger partial charge in [-0.15, -0.1) is 0 Å². The van der Waals surface area contributed by atoms with E-state index in [1.807, 2.05) is 31.2 Å². The van der Waals surface area contributed by atoms with Gasteiger partial charge < -0.3 is 5.32 Å². The molecule has 0 saturated carbocycles. The molecule has 2 atom stereocenters. The molecular weight excluding hydrogens is 284 g/mol. The Labute approximate surface area is 132 Å². The molecular formula is C17H25ClN2O. The number of carbonyl (C=O) groups is 1. The van der Waals surface area contributed by atoms with E-state index in [1.165, 1.54) is 6.42 Å². The number of piperidine rings is 1. The Hall–Kier alpha value is -1.06. The van der Waals surface area contributed by atoms with Crippen LogP contribution < -0.4 is 5.32 Å². The van der Waals surface area contributed by atoms with Crippen LogP contribution in [0.25, 0.3) is 0 Å². The summed E-state index contributed by atoms with van der Waals surface area (Å²) in [7, 11) is 0. The molecule has 1 aliphatic rings. The molecule has 0 bridgehead atoms. The van der Waals surface area contributed by atoms with Crippen molar-refractivity contribution in [3.63, 3.8) is 0 Å². The molecule has 2 rings (SSSR count). The summed E-state index contributed by atoms with van der Waals surface area (Å²) in [5, 5.41) is 3.85. The quantitative estimate of drug-likeness (QED) is 0.897. The topological polar surface area (TPSA) is 32.3 Å². The first-order valence-electron chi connectivity index (χ1n) is 7.91. The summed E-state index contributed by atoms with van der Waals surface area (Å²) >= 11 is 6.02. The van der Waals surface area contributed by atoms with Gasteiger partial charge >= 0.3 is 0 Å². The van der Waals surface area contributed by atoms with Crippen LogP contribution in [0.5, 0.6) is 0 Å². The van der Waals surface area contributed by atoms with Gasteiger partial charge in [-0.3, -0.25) is 9.69 Å². The van der Waals surface area contributed by atoms with Gasteiger partial charge in [0.25, 0.3) is 0 Å². The van der Waals surface area contributed by atoms with Gasteiger partial charge in [-0.1, -0.05) is 37.1 Å². The Balaban J connectivity index is 1.99. The van der Waals surface area contributed by atoms with Gasteiger partial charge in [0.2, 0.25) is 5.91 Å². The maximum absolute atomic E-state index is 12.6. The second-order valence-corrected chi connectivity index (χ2v) is 6.27. The van der Waals surface area contributed by atoms with Crippen molar-refractivity contribution in [2.24, 2.45) is 0 Å². The number of hydrogen-bond acceptors (Lipinski definition) is 2. The maximum atomic E-state index is 12.6. The van der Waals surface area contributed by atoms with Crippen molar-refractivity contribution in [3.8, 4) is 0 Å². The van der Waals surface area contributed by atoms with Crippen LogP contribution in [0.4, 0.5) is 0 Å². The van der Waals surface area contributed by atoms with Crippen molar-refractivity contribution in [1.29, 1.82) is 0 Å². The Kier molecular flexibility index (Phi) is 6.07. The maximum Gasteiger partial charge on any atom is 0.237 e. The number of nitrogens with zero attached hydrogens (tertiary/aromatic N) is 1. The van der Waals surface area contributed by atoms with Gasteiger partial charge in [0.05, 0.1) is 12.1 Å². The molecule has 0 aromatic heterocycles. The van der Waals surface area contributed by atoms with E-state index in [9.17, 15) is 4.79 Å². The molecule has 0 spiro atoms. The molecule has 4 heteroatoms. The summed E-state index contributed by atoms with van der Waals surface area (Å²) in [6, 6.07) is 7.70. The molecule has 3 nitrogen and oxygen atoms in total. The summed E-state index contributed by atoms with van der Waals surface area (Å²) in [5.74, 6) is 0.149. The van der Waals surface area contributed by atoms with E-state index in [1.54, 1.807) is 0 Å². The number of likely N-dealkylation sites (tertiary alicyclic amines) is 1. The fraction of sp³-hybridized carbons (Fsp3) is 0.588. The summed E-state index contributed by atoms with van der Waals surface area (Å²) in [4.78, 5) is 14.9. The van der Waals surface area contributed by atoms with E-state index in [-0.39, 0.29) is 18.0 Å². The summed E-state index contributed by atoms with van der Waals surface area (Å²) < 4.78 is 0. The monoisotopic (exact) mass is 308 g/mol. The minimum absolute atomic E-state index is 0.0124. The van der Waals surface area contributed by atoms with Gasteiger partial charge in [-0.05, 0) is 57.0 Å². The molecule has 1 amide bonds. The molecule has 1 saturated heterocycles. The van der Waals surface area contributed by atoms with Crippen LogP contribution in [-0.4, -0.2) is 29.9 Å². The normalized spacial score (nSPS) is 21.0. The van der Waals surface area contributed by atoms with Crippen molar-refractivity contribution in [2.75, 3.05) is 13.1 Å². The van der Waals surface area contributed by atoms with Crippen LogP contribution in [0.3, 0.4) is 0 Å². The molecule has 1 N–H and O–H groups in total. The minimum Gasteiger partial charge on any atom is -0.348 e. The van der Waals surface area contributed by atoms with Crippen LogP contribution >= 0.6 is 11.6 Å². The largest absolute Gasteiger partial charge is 0.348 e. The second kappa shape index (κ2) is 7.81. The second-order valence-electron chi connectivity index (χ2n) is 5.83. The third-order valence-electron chi connectivity index (χ3n) is 4.13. The van der Waals surface area contributed by atoms with Gasteiger partial charge in [-0.2, -0.15) is 0 Å². The van der Waals surface area contributed by atoms with Crippen LogP contribution in [0.15, 0.2) is 24.3 Å². The van der Waals surface area contributed by atoms with Crippen LogP contribution in [0.1, 0.15) is 51.1 Å². The highest BCUT2D eigenvalue weighted by Crippen LogP contribution is 2.20. The molecule has 0 radical (unpaired) electrons. The SMILES string of the molecule is CCCN1CCCCC1C(=O)NC(C)c1cccc(Cl)c1. The zero-order valence-corrected chi connectivity index (χ0v) is 13.7. The third-order valence-corrected chi connectivity index (χ3v) is 4.37. The average molecular weight is 309 g/mol. The molecule has 1 heterocycles. The molecule has 1 aromatic carbocycles. The van der Waals surface area contributed by atoms with E-state index < -0.39 is 0 Å². The molecule has 0 aliphatic carbocycles. The lowest BCUT2D eigenvalue weighted by atomic mass is 10.00. The molecule has 1 aliphatic heterocycles. The van der Waals surface area contributed by atoms with E-state index in [0.29, 0.717) is 5.02 Å². The van der Waals surface area contributed by atoms with Crippen molar-refractivity contribution in [1.82, 2.24) is 10.2 Å². The first-order valence-corrected chi connectivity index (χ1v) is 8.29. The number of amides is 1. The van der Waals surface area contributed by atoms with Crippen molar-refractivity contribution >= 4 is 17.5 Å². The number of nitrogens with one attached hydrogen (secondary N) is 1. The third kappa shape index (κ3) is 4.45. The fourth-order valence-corrected chi connectivity index (χ4v) is 3.21. The Morgan fingerprint density at radius 1 is 1.48 bits per heavy atom. The summed E-state index contributed by atoms with van der Waals surface area (Å²) in [6.45, 7) is 6.22. The Morgan fingerprint density at radius 2 is 2.29 bits per heavy atom. The number of benzene rings is 1. The fourth-order valence-electron chi connectivity index (χ4n) is 3.01. The van der Waals surface area contributed by atoms with Crippen LogP contribution in [-0.2, 0) is 4.79 Å². The highest BCUT2D eigenvalue weighted by atomic mass is 35.5. The van der Waals surface area contributed by atoms with Crippen molar-refractivity contribution in [3.05, 3.63) is 34.9 Å². The van der Waals surface area contributed by atoms with E-state index in [4.69, 9.17) is 11.6 Å². The lowest BCUT2D eigenvalue weighted by molar-refractivity contribution is -0.128. The van der Waals surface area contributed by atoms with Crippen LogP contribution in [0, 0.1) is 0 Å². The average Bonchev–Trinajstić information content (AvgIpc) is 2.48. The van der Waals surface area contributed by atoms with E-state index in [2.05, 4.69) is 17.1 Å². The van der Waals surface area contributed by atoms with Crippen molar-refractivity contribution in [2.45, 2.75) is 51.6 Å². The van der Waals surface area contributed by atoms with Crippen LogP contribution in [0.2, 0.25) is 5.02 Å². The van der Waals surface area contributed by atoms with Gasteiger partial charge in [-0.25, -0.2) is 0 Å². The van der Waals surface area contributed by atoms with E-state index >= 15 is 0 Å². The predicted octanol–water partition coefficient (Wildman–Crippen LogP) is 3.78. The molecule has 2 unspecified atom stereocenters. The molecule has 116 valence electrons. The number of hydrogen-bond donors (Lipinski definition) is 1. The summed E-state index contributed by atoms with van der Waals surface area (Å²) in [6.07, 6.45) is 4.40. The van der Waals surface area contributed by atoms with Gasteiger partial charge in [0.15, 0.2) is 0 Å². The molecule has 1 fully saturated rings. The smallest absolute Gasteiger partial charge is 0.237 e. The Morgan fingerprint density at radius 3 is 3.00 bits per heavy atom. The highest BCUT2D eigenvalue weighted by Gasteiger charge is 2.28. The lowest BCUT2D eigenvalue weighted by Crippen LogP contribution is -2.50. The first-order chi connectivity index (χ1) is 10.1. The minimum atomic E-state index is -0.0124. The predicted molar refractivity (Wildman–Crippen MR) is 87.5 cm³/mol. The highest BCUT2D eigenvalue weighted by molar-refractivity contribution is 6.30. The number of carbonyl (C=O) groups excluding carboxylic acids is 1. The lowest BCUT2D eigenvalue weighted by Gasteiger charge is -2.35. The molecule has 1 aromatic rings. The molecule has 21 heavy (non-hydrogen) atoms.